The lowest BCUT2D eigenvalue weighted by atomic mass is 10.1. The molecule has 20 heavy (non-hydrogen) atoms. The molecule has 0 aliphatic carbocycles. The van der Waals surface area contributed by atoms with Gasteiger partial charge in [0.1, 0.15) is 11.5 Å². The van der Waals surface area contributed by atoms with Crippen LogP contribution in [-0.4, -0.2) is 24.2 Å². The van der Waals surface area contributed by atoms with E-state index < -0.39 is 0 Å². The number of nitrogens with one attached hydrogen (secondary N) is 1. The summed E-state index contributed by atoms with van der Waals surface area (Å²) in [6.45, 7) is 4.00. The number of rotatable bonds is 5. The molecule has 0 saturated heterocycles. The summed E-state index contributed by atoms with van der Waals surface area (Å²) in [6, 6.07) is 5.72. The third kappa shape index (κ3) is 3.17. The van der Waals surface area contributed by atoms with Gasteiger partial charge in [-0.2, -0.15) is 0 Å². The van der Waals surface area contributed by atoms with Gasteiger partial charge in [-0.15, -0.1) is 0 Å². The minimum Gasteiger partial charge on any atom is -0.497 e. The third-order valence-corrected chi connectivity index (χ3v) is 3.06. The molecular formula is C15H19N3O2. The van der Waals surface area contributed by atoms with Crippen LogP contribution in [0.5, 0.6) is 11.5 Å². The molecule has 2 rings (SSSR count). The van der Waals surface area contributed by atoms with Gasteiger partial charge in [-0.25, -0.2) is 0 Å². The van der Waals surface area contributed by atoms with Crippen molar-refractivity contribution in [3.63, 3.8) is 0 Å². The maximum atomic E-state index is 5.26. The molecule has 0 spiro atoms. The van der Waals surface area contributed by atoms with E-state index in [1.807, 2.05) is 32.0 Å². The highest BCUT2D eigenvalue weighted by Gasteiger charge is 2.11. The highest BCUT2D eigenvalue weighted by molar-refractivity contribution is 5.54. The molecular weight excluding hydrogens is 254 g/mol. The molecule has 0 amide bonds. The number of nitrogens with zero attached hydrogens (tertiary/aromatic N) is 2. The van der Waals surface area contributed by atoms with Gasteiger partial charge in [0.15, 0.2) is 0 Å². The number of aromatic nitrogens is 2. The fourth-order valence-corrected chi connectivity index (χ4v) is 2.05. The highest BCUT2D eigenvalue weighted by atomic mass is 16.5. The molecule has 106 valence electrons. The number of anilines is 1. The van der Waals surface area contributed by atoms with Crippen LogP contribution in [0.15, 0.2) is 30.6 Å². The van der Waals surface area contributed by atoms with Gasteiger partial charge in [0.2, 0.25) is 0 Å². The first-order chi connectivity index (χ1) is 9.63. The highest BCUT2D eigenvalue weighted by Crippen LogP contribution is 2.28. The Hall–Kier alpha value is -2.30. The van der Waals surface area contributed by atoms with Gasteiger partial charge in [0.25, 0.3) is 0 Å². The number of hydrogen-bond acceptors (Lipinski definition) is 5. The fourth-order valence-electron chi connectivity index (χ4n) is 2.05. The Balaban J connectivity index is 2.23. The fraction of sp³-hybridized carbons (Fsp3) is 0.333. The van der Waals surface area contributed by atoms with E-state index in [1.165, 1.54) is 0 Å². The summed E-state index contributed by atoms with van der Waals surface area (Å²) in [6.07, 6.45) is 3.40. The number of aryl methyl sites for hydroxylation is 1. The Labute approximate surface area is 119 Å². The van der Waals surface area contributed by atoms with Crippen molar-refractivity contribution in [2.24, 2.45) is 0 Å². The molecule has 2 aromatic rings. The molecule has 1 aromatic carbocycles. The predicted octanol–water partition coefficient (Wildman–Crippen LogP) is 2.98. The van der Waals surface area contributed by atoms with E-state index in [9.17, 15) is 0 Å². The van der Waals surface area contributed by atoms with E-state index in [0.717, 1.165) is 28.6 Å². The van der Waals surface area contributed by atoms with Crippen LogP contribution in [0, 0.1) is 6.92 Å². The average molecular weight is 273 g/mol. The van der Waals surface area contributed by atoms with Gasteiger partial charge in [0.05, 0.1) is 31.6 Å². The van der Waals surface area contributed by atoms with Crippen LogP contribution in [0.4, 0.5) is 5.69 Å². The number of ether oxygens (including phenoxy) is 2. The van der Waals surface area contributed by atoms with Gasteiger partial charge < -0.3 is 14.8 Å². The molecule has 1 unspecified atom stereocenters. The van der Waals surface area contributed by atoms with Crippen LogP contribution < -0.4 is 14.8 Å². The summed E-state index contributed by atoms with van der Waals surface area (Å²) in [7, 11) is 3.27. The predicted molar refractivity (Wildman–Crippen MR) is 78.4 cm³/mol. The van der Waals surface area contributed by atoms with Gasteiger partial charge in [-0.3, -0.25) is 9.97 Å². The minimum absolute atomic E-state index is 0.0421. The zero-order valence-corrected chi connectivity index (χ0v) is 12.2. The molecule has 0 fully saturated rings. The topological polar surface area (TPSA) is 56.3 Å². The number of benzene rings is 1. The van der Waals surface area contributed by atoms with Crippen LogP contribution in [0.1, 0.15) is 24.4 Å². The van der Waals surface area contributed by atoms with Crippen LogP contribution >= 0.6 is 0 Å². The van der Waals surface area contributed by atoms with Crippen LogP contribution in [0.2, 0.25) is 0 Å². The van der Waals surface area contributed by atoms with Crippen molar-refractivity contribution in [3.8, 4) is 11.5 Å². The first kappa shape index (κ1) is 14.1. The molecule has 5 nitrogen and oxygen atoms in total. The number of hydrogen-bond donors (Lipinski definition) is 1. The van der Waals surface area contributed by atoms with E-state index >= 15 is 0 Å². The van der Waals surface area contributed by atoms with Crippen molar-refractivity contribution < 1.29 is 9.47 Å². The monoisotopic (exact) mass is 273 g/mol. The van der Waals surface area contributed by atoms with Crippen molar-refractivity contribution in [1.29, 1.82) is 0 Å². The largest absolute Gasteiger partial charge is 0.497 e. The Bertz CT molecular complexity index is 565. The van der Waals surface area contributed by atoms with Crippen LogP contribution in [0.25, 0.3) is 0 Å². The standard InChI is InChI=1S/C15H19N3O2/c1-10-15(17-6-5-16-10)11(2)18-12-7-13(19-3)9-14(8-12)20-4/h5-9,11,18H,1-4H3. The molecule has 0 saturated carbocycles. The van der Waals surface area contributed by atoms with Crippen molar-refractivity contribution in [2.75, 3.05) is 19.5 Å². The molecule has 0 aliphatic rings. The van der Waals surface area contributed by atoms with Crippen molar-refractivity contribution in [3.05, 3.63) is 42.0 Å². The first-order valence-corrected chi connectivity index (χ1v) is 6.41. The lowest BCUT2D eigenvalue weighted by molar-refractivity contribution is 0.394. The number of methoxy groups -OCH3 is 2. The molecule has 1 heterocycles. The second-order valence-corrected chi connectivity index (χ2v) is 4.49. The first-order valence-electron chi connectivity index (χ1n) is 6.41. The van der Waals surface area contributed by atoms with E-state index in [4.69, 9.17) is 9.47 Å². The zero-order chi connectivity index (χ0) is 14.5. The Morgan fingerprint density at radius 2 is 1.60 bits per heavy atom. The molecule has 5 heteroatoms. The van der Waals surface area contributed by atoms with E-state index in [-0.39, 0.29) is 6.04 Å². The maximum absolute atomic E-state index is 5.26. The molecule has 0 bridgehead atoms. The quantitative estimate of drug-likeness (QED) is 0.907. The summed E-state index contributed by atoms with van der Waals surface area (Å²) in [5.41, 5.74) is 2.76. The SMILES string of the molecule is COc1cc(NC(C)c2nccnc2C)cc(OC)c1. The lowest BCUT2D eigenvalue weighted by Crippen LogP contribution is -2.11. The summed E-state index contributed by atoms with van der Waals surface area (Å²) in [5.74, 6) is 1.49. The smallest absolute Gasteiger partial charge is 0.124 e. The van der Waals surface area contributed by atoms with E-state index in [2.05, 4.69) is 15.3 Å². The van der Waals surface area contributed by atoms with E-state index in [1.54, 1.807) is 26.6 Å². The molecule has 1 aromatic heterocycles. The summed E-state index contributed by atoms with van der Waals surface area (Å²) >= 11 is 0. The summed E-state index contributed by atoms with van der Waals surface area (Å²) in [5, 5.41) is 3.39. The Morgan fingerprint density at radius 1 is 1.00 bits per heavy atom. The lowest BCUT2D eigenvalue weighted by Gasteiger charge is -2.17. The minimum atomic E-state index is 0.0421. The maximum Gasteiger partial charge on any atom is 0.124 e. The van der Waals surface area contributed by atoms with Crippen molar-refractivity contribution >= 4 is 5.69 Å². The molecule has 1 atom stereocenters. The normalized spacial score (nSPS) is 11.8. The Morgan fingerprint density at radius 3 is 2.15 bits per heavy atom. The van der Waals surface area contributed by atoms with Gasteiger partial charge in [-0.05, 0) is 13.8 Å². The van der Waals surface area contributed by atoms with Crippen LogP contribution in [-0.2, 0) is 0 Å². The third-order valence-electron chi connectivity index (χ3n) is 3.06. The average Bonchev–Trinajstić information content (AvgIpc) is 2.47. The molecule has 0 aliphatic heterocycles. The molecule has 0 radical (unpaired) electrons. The Kier molecular flexibility index (Phi) is 4.40. The molecule has 1 N–H and O–H groups in total. The second-order valence-electron chi connectivity index (χ2n) is 4.49. The van der Waals surface area contributed by atoms with Crippen LogP contribution in [0.3, 0.4) is 0 Å². The van der Waals surface area contributed by atoms with Crippen molar-refractivity contribution in [1.82, 2.24) is 9.97 Å². The van der Waals surface area contributed by atoms with Gasteiger partial charge >= 0.3 is 0 Å². The second kappa shape index (κ2) is 6.23. The summed E-state index contributed by atoms with van der Waals surface area (Å²) < 4.78 is 10.5. The van der Waals surface area contributed by atoms with Crippen molar-refractivity contribution in [2.45, 2.75) is 19.9 Å². The van der Waals surface area contributed by atoms with Gasteiger partial charge in [-0.1, -0.05) is 0 Å². The summed E-state index contributed by atoms with van der Waals surface area (Å²) in [4.78, 5) is 8.63. The zero-order valence-electron chi connectivity index (χ0n) is 12.2. The van der Waals surface area contributed by atoms with E-state index in [0.29, 0.717) is 0 Å². The van der Waals surface area contributed by atoms with Gasteiger partial charge in [0, 0.05) is 36.3 Å².